The van der Waals surface area contributed by atoms with Crippen LogP contribution < -0.4 is 5.63 Å². The molecule has 12 heavy (non-hydrogen) atoms. The third-order valence-electron chi connectivity index (χ3n) is 1.66. The first-order valence-corrected chi connectivity index (χ1v) is 4.42. The Balaban J connectivity index is 3.03. The maximum atomic E-state index is 11.3. The van der Waals surface area contributed by atoms with E-state index in [4.69, 9.17) is 4.42 Å². The van der Waals surface area contributed by atoms with Gasteiger partial charge in [0.1, 0.15) is 4.83 Å². The second-order valence-corrected chi connectivity index (χ2v) is 3.48. The summed E-state index contributed by atoms with van der Waals surface area (Å²) >= 11 is 1.47. The molecular weight excluding hydrogens is 174 g/mol. The molecule has 0 amide bonds. The van der Waals surface area contributed by atoms with E-state index in [1.807, 2.05) is 12.3 Å². The van der Waals surface area contributed by atoms with Gasteiger partial charge in [0.25, 0.3) is 0 Å². The molecule has 0 spiro atoms. The molecule has 2 heterocycles. The third-order valence-corrected chi connectivity index (χ3v) is 2.65. The van der Waals surface area contributed by atoms with Gasteiger partial charge >= 0.3 is 5.63 Å². The average molecular weight is 181 g/mol. The minimum atomic E-state index is -0.281. The normalized spacial score (nSPS) is 10.8. The summed E-state index contributed by atoms with van der Waals surface area (Å²) in [6.45, 7) is 3.56. The van der Waals surface area contributed by atoms with Crippen LogP contribution in [-0.2, 0) is 0 Å². The number of nitrogens with zero attached hydrogens (tertiary/aromatic N) is 1. The van der Waals surface area contributed by atoms with Crippen LogP contribution in [-0.4, -0.2) is 4.98 Å². The molecule has 0 aliphatic heterocycles. The van der Waals surface area contributed by atoms with Crippen LogP contribution in [0.15, 0.2) is 14.6 Å². The fourth-order valence-corrected chi connectivity index (χ4v) is 2.06. The summed E-state index contributed by atoms with van der Waals surface area (Å²) in [6, 6.07) is 0. The fraction of sp³-hybridized carbons (Fsp3) is 0.250. The highest BCUT2D eigenvalue weighted by Crippen LogP contribution is 2.19. The van der Waals surface area contributed by atoms with Gasteiger partial charge in [-0.1, -0.05) is 0 Å². The Labute approximate surface area is 72.7 Å². The number of thiophene rings is 1. The maximum absolute atomic E-state index is 11.3. The molecule has 2 aromatic heterocycles. The minimum Gasteiger partial charge on any atom is -0.408 e. The lowest BCUT2D eigenvalue weighted by Gasteiger charge is -1.90. The molecular formula is C8H7NO2S. The summed E-state index contributed by atoms with van der Waals surface area (Å²) in [5.74, 6) is 0.425. The summed E-state index contributed by atoms with van der Waals surface area (Å²) in [6.07, 6.45) is 0. The quantitative estimate of drug-likeness (QED) is 0.623. The number of aromatic nitrogens is 1. The van der Waals surface area contributed by atoms with Crippen molar-refractivity contribution in [1.82, 2.24) is 4.98 Å². The predicted octanol–water partition coefficient (Wildman–Crippen LogP) is 1.87. The van der Waals surface area contributed by atoms with Gasteiger partial charge in [-0.15, -0.1) is 11.3 Å². The van der Waals surface area contributed by atoms with E-state index in [2.05, 4.69) is 4.98 Å². The highest BCUT2D eigenvalue weighted by Gasteiger charge is 2.07. The highest BCUT2D eigenvalue weighted by atomic mass is 32.1. The summed E-state index contributed by atoms with van der Waals surface area (Å²) in [7, 11) is 0. The first-order valence-electron chi connectivity index (χ1n) is 3.54. The molecule has 0 saturated heterocycles. The Morgan fingerprint density at radius 1 is 1.50 bits per heavy atom. The first-order chi connectivity index (χ1) is 5.68. The summed E-state index contributed by atoms with van der Waals surface area (Å²) in [4.78, 5) is 16.2. The summed E-state index contributed by atoms with van der Waals surface area (Å²) in [5.41, 5.74) is 0.660. The van der Waals surface area contributed by atoms with Gasteiger partial charge in [0.15, 0.2) is 5.89 Å². The van der Waals surface area contributed by atoms with Crippen molar-refractivity contribution in [3.8, 4) is 0 Å². The lowest BCUT2D eigenvalue weighted by molar-refractivity contribution is 0.467. The second kappa shape index (κ2) is 2.42. The van der Waals surface area contributed by atoms with Crippen molar-refractivity contribution in [1.29, 1.82) is 0 Å². The van der Waals surface area contributed by atoms with Gasteiger partial charge < -0.3 is 4.42 Å². The van der Waals surface area contributed by atoms with Crippen LogP contribution >= 0.6 is 11.3 Å². The van der Waals surface area contributed by atoms with Gasteiger partial charge in [0.05, 0.1) is 5.39 Å². The van der Waals surface area contributed by atoms with E-state index in [0.29, 0.717) is 11.3 Å². The molecule has 0 aliphatic carbocycles. The van der Waals surface area contributed by atoms with Crippen LogP contribution in [0.1, 0.15) is 11.5 Å². The standard InChI is InChI=1S/C8H7NO2S/c1-4-3-12-7-6(4)8(10)11-5(2)9-7/h3H,1-2H3. The zero-order valence-corrected chi connectivity index (χ0v) is 7.57. The smallest absolute Gasteiger partial charge is 0.347 e. The van der Waals surface area contributed by atoms with Gasteiger partial charge in [-0.2, -0.15) is 0 Å². The molecule has 62 valence electrons. The van der Waals surface area contributed by atoms with Crippen LogP contribution in [0.2, 0.25) is 0 Å². The van der Waals surface area contributed by atoms with E-state index in [1.165, 1.54) is 11.3 Å². The molecule has 2 rings (SSSR count). The van der Waals surface area contributed by atoms with Gasteiger partial charge in [-0.05, 0) is 17.9 Å². The topological polar surface area (TPSA) is 43.1 Å². The largest absolute Gasteiger partial charge is 0.408 e. The van der Waals surface area contributed by atoms with Crippen LogP contribution in [0.5, 0.6) is 0 Å². The van der Waals surface area contributed by atoms with E-state index in [1.54, 1.807) is 6.92 Å². The Bertz CT molecular complexity index is 483. The zero-order chi connectivity index (χ0) is 8.72. The highest BCUT2D eigenvalue weighted by molar-refractivity contribution is 7.16. The van der Waals surface area contributed by atoms with E-state index in [9.17, 15) is 4.79 Å². The lowest BCUT2D eigenvalue weighted by atomic mass is 10.3. The monoisotopic (exact) mass is 181 g/mol. The minimum absolute atomic E-state index is 0.281. The third kappa shape index (κ3) is 0.956. The first kappa shape index (κ1) is 7.49. The van der Waals surface area contributed by atoms with Crippen molar-refractivity contribution < 1.29 is 4.42 Å². The molecule has 0 aliphatic rings. The fourth-order valence-electron chi connectivity index (χ4n) is 1.11. The van der Waals surface area contributed by atoms with Crippen molar-refractivity contribution in [2.75, 3.05) is 0 Å². The SMILES string of the molecule is Cc1nc2scc(C)c2c(=O)o1. The van der Waals surface area contributed by atoms with E-state index in [-0.39, 0.29) is 5.63 Å². The Morgan fingerprint density at radius 2 is 2.25 bits per heavy atom. The molecule has 0 fully saturated rings. The van der Waals surface area contributed by atoms with Crippen LogP contribution in [0.3, 0.4) is 0 Å². The number of aryl methyl sites for hydroxylation is 2. The summed E-state index contributed by atoms with van der Waals surface area (Å²) < 4.78 is 4.87. The molecule has 2 aromatic rings. The second-order valence-electron chi connectivity index (χ2n) is 2.62. The Hall–Kier alpha value is -1.16. The molecule has 0 N–H and O–H groups in total. The average Bonchev–Trinajstić information content (AvgIpc) is 2.31. The van der Waals surface area contributed by atoms with Crippen molar-refractivity contribution in [2.45, 2.75) is 13.8 Å². The Kier molecular flexibility index (Phi) is 1.51. The molecule has 0 radical (unpaired) electrons. The van der Waals surface area contributed by atoms with Gasteiger partial charge in [-0.3, -0.25) is 0 Å². The molecule has 0 unspecified atom stereocenters. The zero-order valence-electron chi connectivity index (χ0n) is 6.75. The predicted molar refractivity (Wildman–Crippen MR) is 47.6 cm³/mol. The van der Waals surface area contributed by atoms with Crippen LogP contribution in [0.4, 0.5) is 0 Å². The molecule has 0 aromatic carbocycles. The number of hydrogen-bond donors (Lipinski definition) is 0. The molecule has 0 atom stereocenters. The van der Waals surface area contributed by atoms with Gasteiger partial charge in [0, 0.05) is 6.92 Å². The number of fused-ring (bicyclic) bond motifs is 1. The van der Waals surface area contributed by atoms with E-state index < -0.39 is 0 Å². The van der Waals surface area contributed by atoms with Crippen molar-refractivity contribution in [2.24, 2.45) is 0 Å². The van der Waals surface area contributed by atoms with Crippen molar-refractivity contribution >= 4 is 21.6 Å². The lowest BCUT2D eigenvalue weighted by Crippen LogP contribution is -2.01. The molecule has 0 bridgehead atoms. The van der Waals surface area contributed by atoms with Gasteiger partial charge in [0.2, 0.25) is 0 Å². The van der Waals surface area contributed by atoms with E-state index in [0.717, 1.165) is 10.4 Å². The summed E-state index contributed by atoms with van der Waals surface area (Å²) in [5, 5.41) is 2.53. The van der Waals surface area contributed by atoms with Crippen LogP contribution in [0, 0.1) is 13.8 Å². The number of rotatable bonds is 0. The maximum Gasteiger partial charge on any atom is 0.347 e. The Morgan fingerprint density at radius 3 is 3.00 bits per heavy atom. The van der Waals surface area contributed by atoms with E-state index >= 15 is 0 Å². The van der Waals surface area contributed by atoms with Crippen molar-refractivity contribution in [3.05, 3.63) is 27.3 Å². The molecule has 3 nitrogen and oxygen atoms in total. The van der Waals surface area contributed by atoms with Crippen molar-refractivity contribution in [3.63, 3.8) is 0 Å². The van der Waals surface area contributed by atoms with Gasteiger partial charge in [-0.25, -0.2) is 9.78 Å². The molecule has 0 saturated carbocycles. The molecule has 4 heteroatoms. The number of hydrogen-bond acceptors (Lipinski definition) is 4. The van der Waals surface area contributed by atoms with Crippen LogP contribution in [0.25, 0.3) is 10.2 Å².